The molecule has 0 bridgehead atoms. The van der Waals surface area contributed by atoms with Crippen LogP contribution >= 0.6 is 0 Å². The van der Waals surface area contributed by atoms with Gasteiger partial charge in [-0.2, -0.15) is 0 Å². The predicted molar refractivity (Wildman–Crippen MR) is 93.9 cm³/mol. The standard InChI is InChI=1S/C19H30N2O3/c1-17(2,3)14-8-7-9-15(20-14)19(23)10-12-21(13-11-19)16(22)24-18(4,5)6/h7-9,23H,10-13H2,1-6H3. The van der Waals surface area contributed by atoms with Crippen molar-refractivity contribution in [1.82, 2.24) is 9.88 Å². The highest BCUT2D eigenvalue weighted by molar-refractivity contribution is 5.68. The van der Waals surface area contributed by atoms with Crippen LogP contribution < -0.4 is 0 Å². The zero-order valence-electron chi connectivity index (χ0n) is 15.7. The molecule has 1 saturated heterocycles. The minimum Gasteiger partial charge on any atom is -0.444 e. The first-order valence-corrected chi connectivity index (χ1v) is 8.59. The minimum atomic E-state index is -0.986. The van der Waals surface area contributed by atoms with Crippen LogP contribution in [0.1, 0.15) is 65.8 Å². The van der Waals surface area contributed by atoms with Crippen LogP contribution in [-0.4, -0.2) is 39.8 Å². The lowest BCUT2D eigenvalue weighted by Gasteiger charge is -2.38. The molecule has 134 valence electrons. The Balaban J connectivity index is 2.09. The summed E-state index contributed by atoms with van der Waals surface area (Å²) in [5.74, 6) is 0. The summed E-state index contributed by atoms with van der Waals surface area (Å²) in [7, 11) is 0. The molecule has 1 aliphatic heterocycles. The first-order chi connectivity index (χ1) is 10.9. The van der Waals surface area contributed by atoms with Crippen LogP contribution in [0.15, 0.2) is 18.2 Å². The van der Waals surface area contributed by atoms with Crippen LogP contribution in [0.5, 0.6) is 0 Å². The molecule has 0 unspecified atom stereocenters. The molecular formula is C19H30N2O3. The van der Waals surface area contributed by atoms with Crippen molar-refractivity contribution in [3.8, 4) is 0 Å². The number of rotatable bonds is 1. The largest absolute Gasteiger partial charge is 0.444 e. The van der Waals surface area contributed by atoms with Gasteiger partial charge >= 0.3 is 6.09 Å². The van der Waals surface area contributed by atoms with Crippen molar-refractivity contribution in [2.45, 2.75) is 71.0 Å². The molecule has 5 heteroatoms. The van der Waals surface area contributed by atoms with Crippen molar-refractivity contribution in [1.29, 1.82) is 0 Å². The summed E-state index contributed by atoms with van der Waals surface area (Å²) in [4.78, 5) is 18.5. The van der Waals surface area contributed by atoms with Crippen molar-refractivity contribution in [3.05, 3.63) is 29.6 Å². The molecule has 5 nitrogen and oxygen atoms in total. The first kappa shape index (κ1) is 18.7. The Hall–Kier alpha value is -1.62. The van der Waals surface area contributed by atoms with E-state index in [2.05, 4.69) is 25.8 Å². The van der Waals surface area contributed by atoms with E-state index in [4.69, 9.17) is 4.74 Å². The van der Waals surface area contributed by atoms with Gasteiger partial charge in [0.2, 0.25) is 0 Å². The Morgan fingerprint density at radius 1 is 1.17 bits per heavy atom. The maximum Gasteiger partial charge on any atom is 0.410 e. The molecule has 0 aromatic carbocycles. The quantitative estimate of drug-likeness (QED) is 0.852. The molecule has 1 fully saturated rings. The average Bonchev–Trinajstić information content (AvgIpc) is 2.45. The SMILES string of the molecule is CC(C)(C)OC(=O)N1CCC(O)(c2cccc(C(C)(C)C)n2)CC1. The van der Waals surface area contributed by atoms with Gasteiger partial charge in [0.1, 0.15) is 11.2 Å². The monoisotopic (exact) mass is 334 g/mol. The zero-order valence-corrected chi connectivity index (χ0v) is 15.7. The van der Waals surface area contributed by atoms with Crippen LogP contribution in [0.25, 0.3) is 0 Å². The summed E-state index contributed by atoms with van der Waals surface area (Å²) in [6, 6.07) is 5.81. The summed E-state index contributed by atoms with van der Waals surface area (Å²) in [6.45, 7) is 12.8. The normalized spacial score (nSPS) is 18.4. The van der Waals surface area contributed by atoms with Crippen LogP contribution in [0.3, 0.4) is 0 Å². The van der Waals surface area contributed by atoms with Gasteiger partial charge in [-0.25, -0.2) is 4.79 Å². The fraction of sp³-hybridized carbons (Fsp3) is 0.684. The van der Waals surface area contributed by atoms with Gasteiger partial charge in [-0.15, -0.1) is 0 Å². The van der Waals surface area contributed by atoms with Gasteiger partial charge in [-0.1, -0.05) is 26.8 Å². The Labute approximate surface area is 145 Å². The van der Waals surface area contributed by atoms with Gasteiger partial charge in [0.15, 0.2) is 0 Å². The second-order valence-corrected chi connectivity index (χ2v) is 8.66. The van der Waals surface area contributed by atoms with Gasteiger partial charge in [-0.3, -0.25) is 4.98 Å². The molecule has 0 radical (unpaired) electrons. The number of ether oxygens (including phenoxy) is 1. The topological polar surface area (TPSA) is 62.7 Å². The third-order valence-electron chi connectivity index (χ3n) is 4.24. The van der Waals surface area contributed by atoms with E-state index >= 15 is 0 Å². The third-order valence-corrected chi connectivity index (χ3v) is 4.24. The summed E-state index contributed by atoms with van der Waals surface area (Å²) in [5.41, 5.74) is 0.0957. The molecule has 1 aliphatic rings. The first-order valence-electron chi connectivity index (χ1n) is 8.59. The van der Waals surface area contributed by atoms with Crippen molar-refractivity contribution in [2.24, 2.45) is 0 Å². The maximum absolute atomic E-state index is 12.2. The molecular weight excluding hydrogens is 304 g/mol. The van der Waals surface area contributed by atoms with E-state index in [9.17, 15) is 9.90 Å². The highest BCUT2D eigenvalue weighted by atomic mass is 16.6. The lowest BCUT2D eigenvalue weighted by atomic mass is 9.86. The second kappa shape index (κ2) is 6.36. The van der Waals surface area contributed by atoms with E-state index < -0.39 is 11.2 Å². The van der Waals surface area contributed by atoms with Crippen LogP contribution in [0.2, 0.25) is 0 Å². The predicted octanol–water partition coefficient (Wildman–Crippen LogP) is 3.60. The molecule has 0 aliphatic carbocycles. The van der Waals surface area contributed by atoms with E-state index in [1.807, 2.05) is 39.0 Å². The Kier molecular flexibility index (Phi) is 4.96. The lowest BCUT2D eigenvalue weighted by Crippen LogP contribution is -2.47. The highest BCUT2D eigenvalue weighted by Gasteiger charge is 2.38. The average molecular weight is 334 g/mol. The molecule has 1 aromatic rings. The number of likely N-dealkylation sites (tertiary alicyclic amines) is 1. The summed E-state index contributed by atoms with van der Waals surface area (Å²) in [6.07, 6.45) is 0.612. The third kappa shape index (κ3) is 4.47. The molecule has 0 spiro atoms. The number of nitrogens with zero attached hydrogens (tertiary/aromatic N) is 2. The van der Waals surface area contributed by atoms with Crippen molar-refractivity contribution in [3.63, 3.8) is 0 Å². The molecule has 1 amide bonds. The maximum atomic E-state index is 12.2. The number of pyridine rings is 1. The smallest absolute Gasteiger partial charge is 0.410 e. The Morgan fingerprint density at radius 3 is 2.25 bits per heavy atom. The second-order valence-electron chi connectivity index (χ2n) is 8.66. The van der Waals surface area contributed by atoms with Gasteiger partial charge < -0.3 is 14.7 Å². The molecule has 2 rings (SSSR count). The number of aromatic nitrogens is 1. The van der Waals surface area contributed by atoms with Crippen molar-refractivity contribution < 1.29 is 14.6 Å². The summed E-state index contributed by atoms with van der Waals surface area (Å²) < 4.78 is 5.40. The number of carbonyl (C=O) groups excluding carboxylic acids is 1. The molecule has 0 atom stereocenters. The molecule has 1 aromatic heterocycles. The van der Waals surface area contributed by atoms with Gasteiger partial charge in [0.05, 0.1) is 5.69 Å². The Bertz CT molecular complexity index is 591. The molecule has 0 saturated carbocycles. The van der Waals surface area contributed by atoms with Crippen molar-refractivity contribution in [2.75, 3.05) is 13.1 Å². The number of hydrogen-bond acceptors (Lipinski definition) is 4. The minimum absolute atomic E-state index is 0.0659. The van der Waals surface area contributed by atoms with E-state index in [0.717, 1.165) is 5.69 Å². The number of carbonyl (C=O) groups is 1. The summed E-state index contributed by atoms with van der Waals surface area (Å²) >= 11 is 0. The highest BCUT2D eigenvalue weighted by Crippen LogP contribution is 2.33. The van der Waals surface area contributed by atoms with E-state index in [0.29, 0.717) is 31.6 Å². The summed E-state index contributed by atoms with van der Waals surface area (Å²) in [5, 5.41) is 11.0. The van der Waals surface area contributed by atoms with Crippen LogP contribution in [0, 0.1) is 0 Å². The fourth-order valence-corrected chi connectivity index (χ4v) is 2.75. The number of hydrogen-bond donors (Lipinski definition) is 1. The van der Waals surface area contributed by atoms with E-state index in [1.54, 1.807) is 4.90 Å². The molecule has 2 heterocycles. The Morgan fingerprint density at radius 2 is 1.75 bits per heavy atom. The number of piperidine rings is 1. The fourth-order valence-electron chi connectivity index (χ4n) is 2.75. The van der Waals surface area contributed by atoms with Gasteiger partial charge in [-0.05, 0) is 45.7 Å². The van der Waals surface area contributed by atoms with Gasteiger partial charge in [0, 0.05) is 24.2 Å². The molecule has 1 N–H and O–H groups in total. The van der Waals surface area contributed by atoms with Gasteiger partial charge in [0.25, 0.3) is 0 Å². The number of aliphatic hydroxyl groups is 1. The zero-order chi connectivity index (χ0) is 18.2. The lowest BCUT2D eigenvalue weighted by molar-refractivity contribution is -0.0383. The number of amides is 1. The van der Waals surface area contributed by atoms with E-state index in [-0.39, 0.29) is 11.5 Å². The van der Waals surface area contributed by atoms with Crippen LogP contribution in [0.4, 0.5) is 4.79 Å². The van der Waals surface area contributed by atoms with E-state index in [1.165, 1.54) is 0 Å². The molecule has 24 heavy (non-hydrogen) atoms. The van der Waals surface area contributed by atoms with Crippen LogP contribution in [-0.2, 0) is 15.8 Å². The van der Waals surface area contributed by atoms with Crippen molar-refractivity contribution >= 4 is 6.09 Å².